The number of aromatic carboxylic acids is 1. The largest absolute Gasteiger partial charge is 0.478 e. The molecule has 0 aliphatic heterocycles. The number of nitrogens with zero attached hydrogens (tertiary/aromatic N) is 3. The molecular formula is C13H17N3O2. The van der Waals surface area contributed by atoms with E-state index in [0.717, 1.165) is 24.8 Å². The minimum Gasteiger partial charge on any atom is -0.478 e. The molecule has 0 bridgehead atoms. The molecule has 1 N–H and O–H groups in total. The fourth-order valence-corrected chi connectivity index (χ4v) is 2.18. The number of aromatic nitrogens is 3. The summed E-state index contributed by atoms with van der Waals surface area (Å²) < 4.78 is 1.91. The lowest BCUT2D eigenvalue weighted by molar-refractivity contribution is 0.0697. The lowest BCUT2D eigenvalue weighted by Crippen LogP contribution is -2.09. The van der Waals surface area contributed by atoms with Gasteiger partial charge in [-0.1, -0.05) is 25.5 Å². The first-order valence-corrected chi connectivity index (χ1v) is 6.25. The Morgan fingerprint density at radius 2 is 2.22 bits per heavy atom. The smallest absolute Gasteiger partial charge is 0.335 e. The zero-order valence-corrected chi connectivity index (χ0v) is 10.6. The highest BCUT2D eigenvalue weighted by atomic mass is 16.4. The SMILES string of the molecule is CCCC(CC)n1nnc2cc(C(=O)O)ccc21. The number of fused-ring (bicyclic) bond motifs is 1. The molecule has 5 heteroatoms. The molecule has 0 spiro atoms. The van der Waals surface area contributed by atoms with Gasteiger partial charge in [0.15, 0.2) is 0 Å². The molecule has 1 atom stereocenters. The van der Waals surface area contributed by atoms with Crippen molar-refractivity contribution in [1.82, 2.24) is 15.0 Å². The van der Waals surface area contributed by atoms with Gasteiger partial charge in [-0.05, 0) is 31.0 Å². The molecule has 0 amide bonds. The van der Waals surface area contributed by atoms with Gasteiger partial charge in [-0.2, -0.15) is 0 Å². The van der Waals surface area contributed by atoms with Gasteiger partial charge in [-0.25, -0.2) is 9.48 Å². The number of rotatable bonds is 5. The number of carbonyl (C=O) groups is 1. The van der Waals surface area contributed by atoms with E-state index in [9.17, 15) is 4.79 Å². The maximum atomic E-state index is 10.9. The average molecular weight is 247 g/mol. The average Bonchev–Trinajstić information content (AvgIpc) is 2.78. The minimum absolute atomic E-state index is 0.248. The van der Waals surface area contributed by atoms with Crippen LogP contribution in [0.3, 0.4) is 0 Å². The third kappa shape index (κ3) is 2.20. The first kappa shape index (κ1) is 12.5. The number of benzene rings is 1. The lowest BCUT2D eigenvalue weighted by atomic mass is 10.1. The van der Waals surface area contributed by atoms with Gasteiger partial charge in [0.05, 0.1) is 17.1 Å². The summed E-state index contributed by atoms with van der Waals surface area (Å²) in [5.74, 6) is -0.938. The first-order chi connectivity index (χ1) is 8.67. The maximum Gasteiger partial charge on any atom is 0.335 e. The van der Waals surface area contributed by atoms with Gasteiger partial charge in [0.25, 0.3) is 0 Å². The van der Waals surface area contributed by atoms with Crippen LogP contribution >= 0.6 is 0 Å². The zero-order chi connectivity index (χ0) is 13.1. The molecule has 1 heterocycles. The highest BCUT2D eigenvalue weighted by Gasteiger charge is 2.14. The van der Waals surface area contributed by atoms with Crippen LogP contribution in [0, 0.1) is 0 Å². The Labute approximate surface area is 105 Å². The molecule has 0 aliphatic carbocycles. The first-order valence-electron chi connectivity index (χ1n) is 6.25. The van der Waals surface area contributed by atoms with Gasteiger partial charge in [0, 0.05) is 0 Å². The van der Waals surface area contributed by atoms with Crippen molar-refractivity contribution in [1.29, 1.82) is 0 Å². The van der Waals surface area contributed by atoms with E-state index in [4.69, 9.17) is 5.11 Å². The van der Waals surface area contributed by atoms with E-state index in [1.54, 1.807) is 18.2 Å². The fourth-order valence-electron chi connectivity index (χ4n) is 2.18. The van der Waals surface area contributed by atoms with Crippen LogP contribution in [0.5, 0.6) is 0 Å². The molecule has 1 unspecified atom stereocenters. The van der Waals surface area contributed by atoms with Crippen LogP contribution in [0.1, 0.15) is 49.5 Å². The summed E-state index contributed by atoms with van der Waals surface area (Å²) in [6, 6.07) is 5.29. The third-order valence-electron chi connectivity index (χ3n) is 3.16. The van der Waals surface area contributed by atoms with Crippen molar-refractivity contribution in [2.75, 3.05) is 0 Å². The molecule has 96 valence electrons. The molecule has 5 nitrogen and oxygen atoms in total. The predicted octanol–water partition coefficient (Wildman–Crippen LogP) is 2.88. The fraction of sp³-hybridized carbons (Fsp3) is 0.462. The molecular weight excluding hydrogens is 230 g/mol. The summed E-state index contributed by atoms with van der Waals surface area (Å²) in [5, 5.41) is 17.2. The number of hydrogen-bond donors (Lipinski definition) is 1. The van der Waals surface area contributed by atoms with Crippen LogP contribution in [0.2, 0.25) is 0 Å². The molecule has 2 rings (SSSR count). The molecule has 18 heavy (non-hydrogen) atoms. The summed E-state index contributed by atoms with van der Waals surface area (Å²) in [6.45, 7) is 4.27. The van der Waals surface area contributed by atoms with Crippen LogP contribution in [-0.4, -0.2) is 26.1 Å². The Morgan fingerprint density at radius 3 is 2.83 bits per heavy atom. The van der Waals surface area contributed by atoms with Gasteiger partial charge in [-0.3, -0.25) is 0 Å². The van der Waals surface area contributed by atoms with Crippen molar-refractivity contribution in [3.63, 3.8) is 0 Å². The lowest BCUT2D eigenvalue weighted by Gasteiger charge is -2.14. The van der Waals surface area contributed by atoms with Crippen molar-refractivity contribution < 1.29 is 9.90 Å². The number of carboxylic acids is 1. The van der Waals surface area contributed by atoms with Gasteiger partial charge >= 0.3 is 5.97 Å². The van der Waals surface area contributed by atoms with E-state index in [2.05, 4.69) is 24.2 Å². The van der Waals surface area contributed by atoms with Crippen LogP contribution in [0.15, 0.2) is 18.2 Å². The predicted molar refractivity (Wildman–Crippen MR) is 68.7 cm³/mol. The van der Waals surface area contributed by atoms with Gasteiger partial charge in [-0.15, -0.1) is 5.10 Å². The van der Waals surface area contributed by atoms with E-state index in [1.807, 2.05) is 4.68 Å². The third-order valence-corrected chi connectivity index (χ3v) is 3.16. The van der Waals surface area contributed by atoms with Crippen molar-refractivity contribution in [3.05, 3.63) is 23.8 Å². The maximum absolute atomic E-state index is 10.9. The van der Waals surface area contributed by atoms with Crippen LogP contribution < -0.4 is 0 Å². The monoisotopic (exact) mass is 247 g/mol. The Bertz CT molecular complexity index is 562. The highest BCUT2D eigenvalue weighted by Crippen LogP contribution is 2.22. The minimum atomic E-state index is -0.938. The Balaban J connectivity index is 2.45. The standard InChI is InChI=1S/C13H17N3O2/c1-3-5-10(4-2)16-12-7-6-9(13(17)18)8-11(12)14-15-16/h6-8,10H,3-5H2,1-2H3,(H,17,18). The Hall–Kier alpha value is -1.91. The molecule has 0 saturated carbocycles. The Kier molecular flexibility index (Phi) is 3.60. The number of carboxylic acid groups (broad SMARTS) is 1. The molecule has 2 aromatic rings. The molecule has 1 aromatic carbocycles. The second kappa shape index (κ2) is 5.16. The summed E-state index contributed by atoms with van der Waals surface area (Å²) in [6.07, 6.45) is 3.13. The van der Waals surface area contributed by atoms with E-state index in [-0.39, 0.29) is 5.56 Å². The van der Waals surface area contributed by atoms with Crippen LogP contribution in [-0.2, 0) is 0 Å². The zero-order valence-electron chi connectivity index (χ0n) is 10.6. The Morgan fingerprint density at radius 1 is 1.44 bits per heavy atom. The summed E-state index contributed by atoms with van der Waals surface area (Å²) in [4.78, 5) is 10.9. The summed E-state index contributed by atoms with van der Waals surface area (Å²) in [5.41, 5.74) is 1.79. The van der Waals surface area contributed by atoms with Gasteiger partial charge < -0.3 is 5.11 Å². The molecule has 0 aliphatic rings. The summed E-state index contributed by atoms with van der Waals surface area (Å²) >= 11 is 0. The van der Waals surface area contributed by atoms with Gasteiger partial charge in [0.2, 0.25) is 0 Å². The van der Waals surface area contributed by atoms with Crippen molar-refractivity contribution in [3.8, 4) is 0 Å². The second-order valence-electron chi connectivity index (χ2n) is 4.39. The van der Waals surface area contributed by atoms with E-state index in [0.29, 0.717) is 11.6 Å². The van der Waals surface area contributed by atoms with Crippen molar-refractivity contribution in [2.45, 2.75) is 39.2 Å². The highest BCUT2D eigenvalue weighted by molar-refractivity contribution is 5.92. The quantitative estimate of drug-likeness (QED) is 0.882. The van der Waals surface area contributed by atoms with Crippen LogP contribution in [0.25, 0.3) is 11.0 Å². The molecule has 0 saturated heterocycles. The van der Waals surface area contributed by atoms with E-state index < -0.39 is 5.97 Å². The molecule has 0 fully saturated rings. The molecule has 1 aromatic heterocycles. The van der Waals surface area contributed by atoms with Crippen molar-refractivity contribution >= 4 is 17.0 Å². The molecule has 0 radical (unpaired) electrons. The number of hydrogen-bond acceptors (Lipinski definition) is 3. The van der Waals surface area contributed by atoms with E-state index >= 15 is 0 Å². The van der Waals surface area contributed by atoms with Crippen LogP contribution in [0.4, 0.5) is 0 Å². The van der Waals surface area contributed by atoms with Crippen molar-refractivity contribution in [2.24, 2.45) is 0 Å². The normalized spacial score (nSPS) is 12.8. The summed E-state index contributed by atoms with van der Waals surface area (Å²) in [7, 11) is 0. The topological polar surface area (TPSA) is 68.0 Å². The second-order valence-corrected chi connectivity index (χ2v) is 4.39. The van der Waals surface area contributed by atoms with Gasteiger partial charge in [0.1, 0.15) is 5.52 Å². The van der Waals surface area contributed by atoms with E-state index in [1.165, 1.54) is 0 Å².